The van der Waals surface area contributed by atoms with Gasteiger partial charge in [-0.3, -0.25) is 0 Å². The molecule has 0 aliphatic heterocycles. The molecule has 2 aliphatic rings. The molecule has 2 fully saturated rings. The molecule has 24 heavy (non-hydrogen) atoms. The second-order valence-electron chi connectivity index (χ2n) is 7.76. The third-order valence-corrected chi connectivity index (χ3v) is 6.48. The largest absolute Gasteiger partial charge is 0.497 e. The van der Waals surface area contributed by atoms with Crippen molar-refractivity contribution in [3.05, 3.63) is 42.2 Å². The fourth-order valence-electron chi connectivity index (χ4n) is 4.94. The van der Waals surface area contributed by atoms with Crippen LogP contribution in [0, 0.1) is 17.8 Å². The summed E-state index contributed by atoms with van der Waals surface area (Å²) in [6, 6.07) is 8.67. The lowest BCUT2D eigenvalue weighted by atomic mass is 9.68. The summed E-state index contributed by atoms with van der Waals surface area (Å²) in [5.74, 6) is 4.26. The molecular formula is C22H31FO. The molecule has 132 valence electrons. The molecule has 0 N–H and O–H groups in total. The summed E-state index contributed by atoms with van der Waals surface area (Å²) in [6.45, 7) is 0. The Bertz CT molecular complexity index is 505. The van der Waals surface area contributed by atoms with E-state index in [1.807, 2.05) is 0 Å². The van der Waals surface area contributed by atoms with Crippen molar-refractivity contribution in [1.82, 2.24) is 0 Å². The van der Waals surface area contributed by atoms with Gasteiger partial charge in [0.25, 0.3) is 0 Å². The van der Waals surface area contributed by atoms with Crippen molar-refractivity contribution in [3.63, 3.8) is 0 Å². The first-order valence-electron chi connectivity index (χ1n) is 9.69. The van der Waals surface area contributed by atoms with E-state index in [0.717, 1.165) is 35.8 Å². The van der Waals surface area contributed by atoms with E-state index < -0.39 is 0 Å². The fraction of sp³-hybridized carbons (Fsp3) is 0.636. The standard InChI is InChI=1S/C22H31FO/c1-24-22-14-12-21(13-15-22)20-10-8-19(9-11-20)18-6-4-17(5-7-18)3-2-16-23/h2,12-20H,3-11H2,1H3/b16-2+/t17-,18-,19?,20?. The van der Waals surface area contributed by atoms with E-state index in [4.69, 9.17) is 4.74 Å². The lowest BCUT2D eigenvalue weighted by molar-refractivity contribution is 0.160. The summed E-state index contributed by atoms with van der Waals surface area (Å²) in [5.41, 5.74) is 1.48. The summed E-state index contributed by atoms with van der Waals surface area (Å²) in [6.07, 6.45) is 14.1. The number of benzene rings is 1. The number of allylic oxidation sites excluding steroid dienone is 1. The van der Waals surface area contributed by atoms with Gasteiger partial charge in [0.05, 0.1) is 13.4 Å². The minimum absolute atomic E-state index is 0.715. The summed E-state index contributed by atoms with van der Waals surface area (Å²) in [7, 11) is 1.73. The molecule has 0 unspecified atom stereocenters. The first-order valence-corrected chi connectivity index (χ1v) is 9.69. The monoisotopic (exact) mass is 330 g/mol. The van der Waals surface area contributed by atoms with E-state index in [0.29, 0.717) is 6.33 Å². The minimum Gasteiger partial charge on any atom is -0.497 e. The molecule has 2 heteroatoms. The average molecular weight is 330 g/mol. The van der Waals surface area contributed by atoms with Crippen molar-refractivity contribution < 1.29 is 9.13 Å². The van der Waals surface area contributed by atoms with Crippen molar-refractivity contribution in [2.45, 2.75) is 63.7 Å². The molecule has 0 aromatic heterocycles. The van der Waals surface area contributed by atoms with Crippen LogP contribution in [0.25, 0.3) is 0 Å². The number of hydrogen-bond donors (Lipinski definition) is 0. The number of rotatable bonds is 5. The van der Waals surface area contributed by atoms with Gasteiger partial charge in [0.1, 0.15) is 5.75 Å². The van der Waals surface area contributed by atoms with E-state index in [9.17, 15) is 4.39 Å². The Balaban J connectivity index is 1.45. The molecule has 0 saturated heterocycles. The molecule has 2 saturated carbocycles. The van der Waals surface area contributed by atoms with Crippen LogP contribution in [0.15, 0.2) is 36.7 Å². The molecule has 1 aromatic rings. The molecule has 0 amide bonds. The maximum Gasteiger partial charge on any atom is 0.118 e. The third kappa shape index (κ3) is 4.40. The Kier molecular flexibility index (Phi) is 6.34. The van der Waals surface area contributed by atoms with Crippen molar-refractivity contribution in [2.24, 2.45) is 17.8 Å². The highest BCUT2D eigenvalue weighted by atomic mass is 19.1. The number of halogens is 1. The Morgan fingerprint density at radius 3 is 2.04 bits per heavy atom. The van der Waals surface area contributed by atoms with Crippen LogP contribution in [0.4, 0.5) is 4.39 Å². The van der Waals surface area contributed by atoms with E-state index in [-0.39, 0.29) is 0 Å². The summed E-state index contributed by atoms with van der Waals surface area (Å²) >= 11 is 0. The van der Waals surface area contributed by atoms with Gasteiger partial charge in [-0.05, 0) is 99.2 Å². The molecule has 0 bridgehead atoms. The quantitative estimate of drug-likeness (QED) is 0.587. The third-order valence-electron chi connectivity index (χ3n) is 6.48. The highest BCUT2D eigenvalue weighted by molar-refractivity contribution is 5.29. The number of methoxy groups -OCH3 is 1. The van der Waals surface area contributed by atoms with Crippen molar-refractivity contribution >= 4 is 0 Å². The van der Waals surface area contributed by atoms with Crippen molar-refractivity contribution in [3.8, 4) is 5.75 Å². The van der Waals surface area contributed by atoms with Gasteiger partial charge in [-0.25, -0.2) is 4.39 Å². The van der Waals surface area contributed by atoms with Gasteiger partial charge in [0, 0.05) is 0 Å². The highest BCUT2D eigenvalue weighted by Gasteiger charge is 2.30. The van der Waals surface area contributed by atoms with Gasteiger partial charge in [-0.2, -0.15) is 0 Å². The lowest BCUT2D eigenvalue weighted by Crippen LogP contribution is -2.25. The zero-order valence-corrected chi connectivity index (χ0v) is 14.9. The van der Waals surface area contributed by atoms with Crippen LogP contribution in [0.3, 0.4) is 0 Å². The average Bonchev–Trinajstić information content (AvgIpc) is 2.67. The number of ether oxygens (including phenoxy) is 1. The zero-order valence-electron chi connectivity index (χ0n) is 14.9. The van der Waals surface area contributed by atoms with Gasteiger partial charge in [-0.1, -0.05) is 18.2 Å². The summed E-state index contributed by atoms with van der Waals surface area (Å²) < 4.78 is 17.4. The normalized spacial score (nSPS) is 31.2. The highest BCUT2D eigenvalue weighted by Crippen LogP contribution is 2.44. The van der Waals surface area contributed by atoms with Crippen LogP contribution in [-0.2, 0) is 0 Å². The van der Waals surface area contributed by atoms with Gasteiger partial charge in [0.15, 0.2) is 0 Å². The SMILES string of the molecule is COc1ccc(C2CCC([C@H]3CC[C@H](C/C=C/F)CC3)CC2)cc1. The predicted molar refractivity (Wildman–Crippen MR) is 98.0 cm³/mol. The van der Waals surface area contributed by atoms with Crippen LogP contribution in [0.2, 0.25) is 0 Å². The van der Waals surface area contributed by atoms with E-state index >= 15 is 0 Å². The van der Waals surface area contributed by atoms with Crippen LogP contribution in [0.1, 0.15) is 69.3 Å². The Labute approximate surface area is 146 Å². The van der Waals surface area contributed by atoms with Crippen LogP contribution >= 0.6 is 0 Å². The second kappa shape index (κ2) is 8.69. The molecular weight excluding hydrogens is 299 g/mol. The number of hydrogen-bond acceptors (Lipinski definition) is 1. The topological polar surface area (TPSA) is 9.23 Å². The first-order chi connectivity index (χ1) is 11.8. The van der Waals surface area contributed by atoms with Crippen molar-refractivity contribution in [2.75, 3.05) is 7.11 Å². The minimum atomic E-state index is 0.715. The molecule has 3 rings (SSSR count). The molecule has 0 heterocycles. The van der Waals surface area contributed by atoms with Gasteiger partial charge in [-0.15, -0.1) is 0 Å². The second-order valence-corrected chi connectivity index (χ2v) is 7.76. The predicted octanol–water partition coefficient (Wildman–Crippen LogP) is 6.65. The van der Waals surface area contributed by atoms with Crippen LogP contribution in [0.5, 0.6) is 5.75 Å². The van der Waals surface area contributed by atoms with Crippen LogP contribution in [-0.4, -0.2) is 7.11 Å². The van der Waals surface area contributed by atoms with Crippen molar-refractivity contribution in [1.29, 1.82) is 0 Å². The van der Waals surface area contributed by atoms with E-state index in [1.165, 1.54) is 56.9 Å². The summed E-state index contributed by atoms with van der Waals surface area (Å²) in [5, 5.41) is 0. The summed E-state index contributed by atoms with van der Waals surface area (Å²) in [4.78, 5) is 0. The Hall–Kier alpha value is -1.31. The van der Waals surface area contributed by atoms with Gasteiger partial charge >= 0.3 is 0 Å². The van der Waals surface area contributed by atoms with Crippen LogP contribution < -0.4 is 4.74 Å². The maximum absolute atomic E-state index is 12.1. The van der Waals surface area contributed by atoms with E-state index in [1.54, 1.807) is 13.2 Å². The maximum atomic E-state index is 12.1. The lowest BCUT2D eigenvalue weighted by Gasteiger charge is -2.38. The van der Waals surface area contributed by atoms with Gasteiger partial charge in [0.2, 0.25) is 0 Å². The molecule has 0 spiro atoms. The molecule has 2 aliphatic carbocycles. The Morgan fingerprint density at radius 2 is 1.50 bits per heavy atom. The van der Waals surface area contributed by atoms with Gasteiger partial charge < -0.3 is 4.74 Å². The smallest absolute Gasteiger partial charge is 0.118 e. The molecule has 1 nitrogen and oxygen atoms in total. The Morgan fingerprint density at radius 1 is 0.917 bits per heavy atom. The molecule has 0 radical (unpaired) electrons. The zero-order chi connectivity index (χ0) is 16.8. The molecule has 1 aromatic carbocycles. The fourth-order valence-corrected chi connectivity index (χ4v) is 4.94. The first kappa shape index (κ1) is 17.5. The van der Waals surface area contributed by atoms with E-state index in [2.05, 4.69) is 24.3 Å². The molecule has 0 atom stereocenters.